The molecule has 1 aromatic carbocycles. The lowest BCUT2D eigenvalue weighted by molar-refractivity contribution is -0.286. The molecule has 0 amide bonds. The average Bonchev–Trinajstić information content (AvgIpc) is 3.10. The average molecular weight is 432 g/mol. The summed E-state index contributed by atoms with van der Waals surface area (Å²) in [6.07, 6.45) is -10.6. The number of aliphatic imine (C=N–C) groups is 1. The van der Waals surface area contributed by atoms with Crippen molar-refractivity contribution in [1.82, 2.24) is 4.90 Å². The SMILES string of the molecule is C=Cc1ccc(CO[C@H](C2O[C@@H]3SC(N(C)C)=N[C@@H]3[C@@H](O)[C@@H]2O)C(F)(F)F)cc1. The first-order valence-corrected chi connectivity index (χ1v) is 9.83. The zero-order chi connectivity index (χ0) is 21.3. The highest BCUT2D eigenvalue weighted by Crippen LogP contribution is 2.41. The van der Waals surface area contributed by atoms with Gasteiger partial charge in [-0.1, -0.05) is 48.7 Å². The van der Waals surface area contributed by atoms with Gasteiger partial charge in [-0.3, -0.25) is 4.99 Å². The smallest absolute Gasteiger partial charge is 0.388 e. The summed E-state index contributed by atoms with van der Waals surface area (Å²) in [6, 6.07) is 5.85. The van der Waals surface area contributed by atoms with E-state index in [0.29, 0.717) is 10.7 Å². The number of amidine groups is 1. The zero-order valence-corrected chi connectivity index (χ0v) is 16.7. The van der Waals surface area contributed by atoms with Crippen molar-refractivity contribution in [2.24, 2.45) is 4.99 Å². The number of hydrogen-bond donors (Lipinski definition) is 2. The Bertz CT molecular complexity index is 757. The Morgan fingerprint density at radius 1 is 1.28 bits per heavy atom. The molecule has 1 unspecified atom stereocenters. The zero-order valence-electron chi connectivity index (χ0n) is 15.9. The van der Waals surface area contributed by atoms with E-state index in [1.54, 1.807) is 49.3 Å². The number of aliphatic hydroxyl groups is 2. The van der Waals surface area contributed by atoms with E-state index >= 15 is 0 Å². The van der Waals surface area contributed by atoms with Gasteiger partial charge < -0.3 is 24.6 Å². The van der Waals surface area contributed by atoms with Crippen molar-refractivity contribution in [3.8, 4) is 0 Å². The third-order valence-electron chi connectivity index (χ3n) is 4.74. The summed E-state index contributed by atoms with van der Waals surface area (Å²) in [4.78, 5) is 5.92. The molecule has 2 aliphatic rings. The maximum absolute atomic E-state index is 13.7. The van der Waals surface area contributed by atoms with Crippen molar-refractivity contribution in [1.29, 1.82) is 0 Å². The summed E-state index contributed by atoms with van der Waals surface area (Å²) in [5, 5.41) is 21.2. The Kier molecular flexibility index (Phi) is 6.59. The molecule has 0 saturated carbocycles. The highest BCUT2D eigenvalue weighted by Gasteiger charge is 2.57. The number of benzene rings is 1. The second-order valence-corrected chi connectivity index (χ2v) is 8.15. The van der Waals surface area contributed by atoms with Gasteiger partial charge in [0.2, 0.25) is 0 Å². The highest BCUT2D eigenvalue weighted by atomic mass is 32.2. The monoisotopic (exact) mass is 432 g/mol. The number of thioether (sulfide) groups is 1. The van der Waals surface area contributed by atoms with Gasteiger partial charge in [-0.05, 0) is 11.1 Å². The molecule has 2 heterocycles. The van der Waals surface area contributed by atoms with Crippen LogP contribution in [0.1, 0.15) is 11.1 Å². The number of aliphatic hydroxyl groups excluding tert-OH is 2. The fourth-order valence-electron chi connectivity index (χ4n) is 3.15. The van der Waals surface area contributed by atoms with Gasteiger partial charge in [0.05, 0.1) is 6.61 Å². The van der Waals surface area contributed by atoms with Crippen LogP contribution in [0.2, 0.25) is 0 Å². The Morgan fingerprint density at radius 2 is 1.93 bits per heavy atom. The number of hydrogen-bond acceptors (Lipinski definition) is 7. The van der Waals surface area contributed by atoms with E-state index in [4.69, 9.17) is 9.47 Å². The van der Waals surface area contributed by atoms with Gasteiger partial charge in [-0.15, -0.1) is 0 Å². The van der Waals surface area contributed by atoms with Crippen LogP contribution in [-0.4, -0.2) is 76.4 Å². The third kappa shape index (κ3) is 4.77. The molecule has 3 rings (SSSR count). The molecule has 0 radical (unpaired) electrons. The molecule has 1 saturated heterocycles. The van der Waals surface area contributed by atoms with Crippen LogP contribution in [0.3, 0.4) is 0 Å². The van der Waals surface area contributed by atoms with E-state index in [1.807, 2.05) is 0 Å². The quantitative estimate of drug-likeness (QED) is 0.744. The number of fused-ring (bicyclic) bond motifs is 1. The maximum atomic E-state index is 13.7. The van der Waals surface area contributed by atoms with Crippen molar-refractivity contribution in [3.05, 3.63) is 42.0 Å². The second-order valence-electron chi connectivity index (χ2n) is 7.08. The largest absolute Gasteiger partial charge is 0.417 e. The molecular weight excluding hydrogens is 409 g/mol. The van der Waals surface area contributed by atoms with Gasteiger partial charge in [-0.25, -0.2) is 0 Å². The van der Waals surface area contributed by atoms with E-state index in [0.717, 1.165) is 17.3 Å². The van der Waals surface area contributed by atoms with Crippen LogP contribution in [0, 0.1) is 0 Å². The van der Waals surface area contributed by atoms with Gasteiger partial charge >= 0.3 is 6.18 Å². The molecule has 10 heteroatoms. The molecule has 160 valence electrons. The van der Waals surface area contributed by atoms with Crippen LogP contribution in [0.4, 0.5) is 13.2 Å². The van der Waals surface area contributed by atoms with Gasteiger partial charge in [-0.2, -0.15) is 13.2 Å². The number of nitrogens with zero attached hydrogens (tertiary/aromatic N) is 2. The molecule has 6 nitrogen and oxygen atoms in total. The first kappa shape index (κ1) is 22.1. The molecular formula is C19H23F3N2O4S. The summed E-state index contributed by atoms with van der Waals surface area (Å²) >= 11 is 1.11. The van der Waals surface area contributed by atoms with Crippen molar-refractivity contribution < 1.29 is 32.9 Å². The van der Waals surface area contributed by atoms with Crippen LogP contribution in [0.15, 0.2) is 35.8 Å². The van der Waals surface area contributed by atoms with Gasteiger partial charge in [0.15, 0.2) is 11.3 Å². The minimum Gasteiger partial charge on any atom is -0.388 e. The van der Waals surface area contributed by atoms with Crippen molar-refractivity contribution in [2.75, 3.05) is 14.1 Å². The number of ether oxygens (including phenoxy) is 2. The Labute approximate surface area is 171 Å². The molecule has 0 aliphatic carbocycles. The lowest BCUT2D eigenvalue weighted by Crippen LogP contribution is -2.61. The molecule has 2 N–H and O–H groups in total. The summed E-state index contributed by atoms with van der Waals surface area (Å²) in [5.41, 5.74) is 0.523. The summed E-state index contributed by atoms with van der Waals surface area (Å²) in [7, 11) is 3.45. The van der Waals surface area contributed by atoms with Crippen LogP contribution < -0.4 is 0 Å². The van der Waals surface area contributed by atoms with Gasteiger partial charge in [0, 0.05) is 14.1 Å². The van der Waals surface area contributed by atoms with E-state index in [-0.39, 0.29) is 6.61 Å². The van der Waals surface area contributed by atoms with E-state index < -0.39 is 42.1 Å². The molecule has 0 spiro atoms. The number of rotatable bonds is 5. The molecule has 6 atom stereocenters. The van der Waals surface area contributed by atoms with E-state index in [2.05, 4.69) is 11.6 Å². The predicted octanol–water partition coefficient (Wildman–Crippen LogP) is 2.26. The second kappa shape index (κ2) is 8.65. The van der Waals surface area contributed by atoms with Crippen LogP contribution in [0.5, 0.6) is 0 Å². The fraction of sp³-hybridized carbons (Fsp3) is 0.526. The molecule has 2 aliphatic heterocycles. The molecule has 1 aromatic rings. The molecule has 0 aromatic heterocycles. The predicted molar refractivity (Wildman–Crippen MR) is 104 cm³/mol. The van der Waals surface area contributed by atoms with E-state index in [9.17, 15) is 23.4 Å². The van der Waals surface area contributed by atoms with Crippen molar-refractivity contribution >= 4 is 23.0 Å². The normalized spacial score (nSPS) is 30.4. The Hall–Kier alpha value is -1.59. The first-order chi connectivity index (χ1) is 13.6. The molecule has 0 bridgehead atoms. The van der Waals surface area contributed by atoms with Crippen molar-refractivity contribution in [2.45, 2.75) is 48.7 Å². The third-order valence-corrected chi connectivity index (χ3v) is 6.04. The minimum absolute atomic E-state index is 0.328. The standard InChI is InChI=1S/C19H23F3N2O4S/c1-4-10-5-7-11(8-6-10)9-27-16(19(20,21)22)15-14(26)13(25)12-17(28-15)29-18(23-12)24(2)3/h4-8,12-17,25-26H,1,9H2,2-3H3/t12-,13-,14+,15?,16-,17-/m1/s1. The van der Waals surface area contributed by atoms with Crippen LogP contribution >= 0.6 is 11.8 Å². The summed E-state index contributed by atoms with van der Waals surface area (Å²) < 4.78 is 51.8. The lowest BCUT2D eigenvalue weighted by Gasteiger charge is -2.41. The van der Waals surface area contributed by atoms with Crippen LogP contribution in [0.25, 0.3) is 6.08 Å². The topological polar surface area (TPSA) is 74.5 Å². The molecule has 1 fully saturated rings. The van der Waals surface area contributed by atoms with Gasteiger partial charge in [0.25, 0.3) is 0 Å². The fourth-order valence-corrected chi connectivity index (χ4v) is 4.30. The number of alkyl halides is 3. The lowest BCUT2D eigenvalue weighted by atomic mass is 9.94. The first-order valence-electron chi connectivity index (χ1n) is 8.95. The maximum Gasteiger partial charge on any atom is 0.417 e. The Balaban J connectivity index is 1.75. The highest BCUT2D eigenvalue weighted by molar-refractivity contribution is 8.14. The molecule has 29 heavy (non-hydrogen) atoms. The van der Waals surface area contributed by atoms with Gasteiger partial charge in [0.1, 0.15) is 29.8 Å². The Morgan fingerprint density at radius 3 is 2.48 bits per heavy atom. The van der Waals surface area contributed by atoms with E-state index in [1.165, 1.54) is 0 Å². The van der Waals surface area contributed by atoms with Crippen molar-refractivity contribution in [3.63, 3.8) is 0 Å². The minimum atomic E-state index is -4.80. The number of halogens is 3. The summed E-state index contributed by atoms with van der Waals surface area (Å²) in [5.74, 6) is 0. The summed E-state index contributed by atoms with van der Waals surface area (Å²) in [6.45, 7) is 3.30. The van der Waals surface area contributed by atoms with Crippen LogP contribution in [-0.2, 0) is 16.1 Å².